The van der Waals surface area contributed by atoms with Gasteiger partial charge in [-0.3, -0.25) is 9.59 Å². The first-order valence-electron chi connectivity index (χ1n) is 11.6. The highest BCUT2D eigenvalue weighted by atomic mass is 16.3. The summed E-state index contributed by atoms with van der Waals surface area (Å²) in [4.78, 5) is 27.3. The zero-order chi connectivity index (χ0) is 23.8. The maximum atomic E-state index is 13.0. The number of hydrogen-bond donors (Lipinski definition) is 1. The number of hydrogen-bond acceptors (Lipinski definition) is 3. The highest BCUT2D eigenvalue weighted by molar-refractivity contribution is 5.95. The number of benzene rings is 2. The van der Waals surface area contributed by atoms with Crippen LogP contribution in [0.4, 0.5) is 0 Å². The van der Waals surface area contributed by atoms with E-state index in [1.54, 1.807) is 17.9 Å². The number of carbonyl (C=O) groups excluding carboxylic acids is 2. The number of aryl methyl sites for hydroxylation is 2. The predicted molar refractivity (Wildman–Crippen MR) is 131 cm³/mol. The van der Waals surface area contributed by atoms with Gasteiger partial charge in [0.15, 0.2) is 0 Å². The van der Waals surface area contributed by atoms with Crippen molar-refractivity contribution in [2.75, 3.05) is 13.1 Å². The van der Waals surface area contributed by atoms with Crippen molar-refractivity contribution in [2.45, 2.75) is 52.5 Å². The smallest absolute Gasteiger partial charge is 0.257 e. The van der Waals surface area contributed by atoms with Crippen molar-refractivity contribution in [3.05, 3.63) is 94.9 Å². The number of nitrogens with one attached hydrogen (secondary N) is 1. The zero-order valence-electron chi connectivity index (χ0n) is 20.0. The van der Waals surface area contributed by atoms with Gasteiger partial charge in [0.2, 0.25) is 5.91 Å². The minimum Gasteiger partial charge on any atom is -0.466 e. The molecular formula is C28H34N2O3. The minimum atomic E-state index is -0.0969. The van der Waals surface area contributed by atoms with Gasteiger partial charge in [-0.05, 0) is 51.3 Å². The normalized spacial score (nSPS) is 11.1. The van der Waals surface area contributed by atoms with Gasteiger partial charge in [0.05, 0.1) is 5.56 Å². The fourth-order valence-electron chi connectivity index (χ4n) is 4.15. The zero-order valence-corrected chi connectivity index (χ0v) is 20.0. The minimum absolute atomic E-state index is 0.0135. The van der Waals surface area contributed by atoms with E-state index in [1.165, 1.54) is 11.1 Å². The summed E-state index contributed by atoms with van der Waals surface area (Å²) in [6.45, 7) is 8.48. The first-order chi connectivity index (χ1) is 15.9. The van der Waals surface area contributed by atoms with Gasteiger partial charge < -0.3 is 14.6 Å². The molecule has 5 heteroatoms. The number of rotatable bonds is 10. The Morgan fingerprint density at radius 2 is 1.52 bits per heavy atom. The van der Waals surface area contributed by atoms with Crippen LogP contribution in [-0.2, 0) is 4.79 Å². The summed E-state index contributed by atoms with van der Waals surface area (Å²) in [6, 6.07) is 22.5. The molecule has 0 fully saturated rings. The quantitative estimate of drug-likeness (QED) is 0.449. The van der Waals surface area contributed by atoms with E-state index in [-0.39, 0.29) is 30.2 Å². The van der Waals surface area contributed by atoms with Crippen LogP contribution in [0.5, 0.6) is 0 Å². The fourth-order valence-corrected chi connectivity index (χ4v) is 4.15. The standard InChI is InChI=1S/C28H34N2O3/c1-20(2)30(28(32)26-19-21(3)33-22(26)4)18-16-27(31)29-17-15-25(23-11-7-5-8-12-23)24-13-9-6-10-14-24/h5-14,19-20,25H,15-18H2,1-4H3,(H,29,31). The van der Waals surface area contributed by atoms with Crippen LogP contribution >= 0.6 is 0 Å². The SMILES string of the molecule is Cc1cc(C(=O)N(CCC(=O)NCCC(c2ccccc2)c2ccccc2)C(C)C)c(C)o1. The molecule has 3 aromatic rings. The molecule has 1 heterocycles. The van der Waals surface area contributed by atoms with Crippen LogP contribution in [0.25, 0.3) is 0 Å². The summed E-state index contributed by atoms with van der Waals surface area (Å²) in [7, 11) is 0. The average molecular weight is 447 g/mol. The monoisotopic (exact) mass is 446 g/mol. The fraction of sp³-hybridized carbons (Fsp3) is 0.357. The highest BCUT2D eigenvalue weighted by Crippen LogP contribution is 2.27. The Hall–Kier alpha value is -3.34. The molecule has 2 aromatic carbocycles. The van der Waals surface area contributed by atoms with Crippen LogP contribution in [0, 0.1) is 13.8 Å². The lowest BCUT2D eigenvalue weighted by Gasteiger charge is -2.26. The average Bonchev–Trinajstić information content (AvgIpc) is 3.15. The van der Waals surface area contributed by atoms with Crippen LogP contribution in [0.2, 0.25) is 0 Å². The second kappa shape index (κ2) is 11.5. The molecule has 0 spiro atoms. The Bertz CT molecular complexity index is 1000. The molecule has 33 heavy (non-hydrogen) atoms. The molecule has 0 radical (unpaired) electrons. The molecule has 0 saturated carbocycles. The molecule has 2 amide bonds. The van der Waals surface area contributed by atoms with E-state index in [0.717, 1.165) is 6.42 Å². The number of nitrogens with zero attached hydrogens (tertiary/aromatic N) is 1. The largest absolute Gasteiger partial charge is 0.466 e. The topological polar surface area (TPSA) is 62.6 Å². The van der Waals surface area contributed by atoms with Crippen molar-refractivity contribution in [3.63, 3.8) is 0 Å². The van der Waals surface area contributed by atoms with Gasteiger partial charge in [-0.1, -0.05) is 60.7 Å². The van der Waals surface area contributed by atoms with Crippen LogP contribution in [0.3, 0.4) is 0 Å². The predicted octanol–water partition coefficient (Wildman–Crippen LogP) is 5.48. The summed E-state index contributed by atoms with van der Waals surface area (Å²) >= 11 is 0. The molecular weight excluding hydrogens is 412 g/mol. The summed E-state index contributed by atoms with van der Waals surface area (Å²) in [5, 5.41) is 3.05. The first-order valence-corrected chi connectivity index (χ1v) is 11.6. The third-order valence-corrected chi connectivity index (χ3v) is 5.89. The Labute approximate surface area is 196 Å². The third kappa shape index (κ3) is 6.58. The van der Waals surface area contributed by atoms with Crippen LogP contribution in [0.1, 0.15) is 65.6 Å². The van der Waals surface area contributed by atoms with Crippen LogP contribution in [0.15, 0.2) is 71.1 Å². The van der Waals surface area contributed by atoms with Gasteiger partial charge >= 0.3 is 0 Å². The second-order valence-electron chi connectivity index (χ2n) is 8.68. The molecule has 0 atom stereocenters. The molecule has 0 aliphatic heterocycles. The molecule has 3 rings (SSSR count). The molecule has 174 valence electrons. The summed E-state index contributed by atoms with van der Waals surface area (Å²) < 4.78 is 5.51. The maximum Gasteiger partial charge on any atom is 0.257 e. The second-order valence-corrected chi connectivity index (χ2v) is 8.68. The van der Waals surface area contributed by atoms with E-state index in [2.05, 4.69) is 29.6 Å². The molecule has 0 saturated heterocycles. The lowest BCUT2D eigenvalue weighted by Crippen LogP contribution is -2.40. The molecule has 0 aliphatic carbocycles. The van der Waals surface area contributed by atoms with Crippen molar-refractivity contribution in [2.24, 2.45) is 0 Å². The summed E-state index contributed by atoms with van der Waals surface area (Å²) in [5.41, 5.74) is 3.04. The van der Waals surface area contributed by atoms with Gasteiger partial charge in [0.1, 0.15) is 11.5 Å². The van der Waals surface area contributed by atoms with Crippen molar-refractivity contribution in [1.29, 1.82) is 0 Å². The van der Waals surface area contributed by atoms with Gasteiger partial charge in [0, 0.05) is 31.5 Å². The molecule has 1 aromatic heterocycles. The molecule has 5 nitrogen and oxygen atoms in total. The van der Waals surface area contributed by atoms with Crippen molar-refractivity contribution >= 4 is 11.8 Å². The third-order valence-electron chi connectivity index (χ3n) is 5.89. The van der Waals surface area contributed by atoms with E-state index in [9.17, 15) is 9.59 Å². The molecule has 1 N–H and O–H groups in total. The number of amides is 2. The van der Waals surface area contributed by atoms with Gasteiger partial charge in [-0.25, -0.2) is 0 Å². The summed E-state index contributed by atoms with van der Waals surface area (Å²) in [5.74, 6) is 1.40. The summed E-state index contributed by atoms with van der Waals surface area (Å²) in [6.07, 6.45) is 1.07. The van der Waals surface area contributed by atoms with Crippen LogP contribution < -0.4 is 5.32 Å². The van der Waals surface area contributed by atoms with Crippen molar-refractivity contribution < 1.29 is 14.0 Å². The van der Waals surface area contributed by atoms with Crippen LogP contribution in [-0.4, -0.2) is 35.8 Å². The van der Waals surface area contributed by atoms with E-state index < -0.39 is 0 Å². The Morgan fingerprint density at radius 1 is 0.939 bits per heavy atom. The van der Waals surface area contributed by atoms with E-state index in [0.29, 0.717) is 30.2 Å². The maximum absolute atomic E-state index is 13.0. The number of furan rings is 1. The Morgan fingerprint density at radius 3 is 2.00 bits per heavy atom. The van der Waals surface area contributed by atoms with Gasteiger partial charge in [-0.15, -0.1) is 0 Å². The number of carbonyl (C=O) groups is 2. The Kier molecular flexibility index (Phi) is 8.47. The van der Waals surface area contributed by atoms with Gasteiger partial charge in [-0.2, -0.15) is 0 Å². The van der Waals surface area contributed by atoms with Crippen molar-refractivity contribution in [1.82, 2.24) is 10.2 Å². The molecule has 0 bridgehead atoms. The van der Waals surface area contributed by atoms with Crippen molar-refractivity contribution in [3.8, 4) is 0 Å². The lowest BCUT2D eigenvalue weighted by atomic mass is 9.88. The van der Waals surface area contributed by atoms with E-state index in [4.69, 9.17) is 4.42 Å². The molecule has 0 aliphatic rings. The van der Waals surface area contributed by atoms with E-state index in [1.807, 2.05) is 57.2 Å². The Balaban J connectivity index is 1.56. The van der Waals surface area contributed by atoms with E-state index >= 15 is 0 Å². The molecule has 0 unspecified atom stereocenters. The first kappa shape index (κ1) is 24.3. The lowest BCUT2D eigenvalue weighted by molar-refractivity contribution is -0.121. The van der Waals surface area contributed by atoms with Gasteiger partial charge in [0.25, 0.3) is 5.91 Å². The highest BCUT2D eigenvalue weighted by Gasteiger charge is 2.23.